The van der Waals surface area contributed by atoms with Crippen LogP contribution in [0.5, 0.6) is 0 Å². The van der Waals surface area contributed by atoms with Crippen molar-refractivity contribution in [3.8, 4) is 6.07 Å². The Balaban J connectivity index is 2.75. The molecule has 1 rings (SSSR count). The first kappa shape index (κ1) is 11.2. The van der Waals surface area contributed by atoms with Crippen molar-refractivity contribution in [3.63, 3.8) is 0 Å². The Bertz CT molecular complexity index is 330. The summed E-state index contributed by atoms with van der Waals surface area (Å²) < 4.78 is 0.937. The monoisotopic (exact) mass is 252 g/mol. The van der Waals surface area contributed by atoms with Crippen molar-refractivity contribution < 1.29 is 0 Å². The van der Waals surface area contributed by atoms with Gasteiger partial charge in [0.05, 0.1) is 12.0 Å². The van der Waals surface area contributed by atoms with E-state index in [-0.39, 0.29) is 5.92 Å². The molecule has 1 atom stereocenters. The number of nitrogens with zero attached hydrogens (tertiary/aromatic N) is 2. The van der Waals surface area contributed by atoms with Crippen LogP contribution in [0.4, 0.5) is 0 Å². The third-order valence-electron chi connectivity index (χ3n) is 2.13. The number of nitriles is 1. The van der Waals surface area contributed by atoms with Gasteiger partial charge in [0.25, 0.3) is 0 Å². The van der Waals surface area contributed by atoms with Gasteiger partial charge in [-0.2, -0.15) is 5.26 Å². The van der Waals surface area contributed by atoms with Gasteiger partial charge in [0.15, 0.2) is 0 Å². The molecule has 0 aliphatic heterocycles. The van der Waals surface area contributed by atoms with E-state index in [4.69, 9.17) is 5.26 Å². The molecule has 14 heavy (non-hydrogen) atoms. The smallest absolute Gasteiger partial charge is 0.0728 e. The molecule has 0 N–H and O–H groups in total. The molecule has 0 aliphatic carbocycles. The summed E-state index contributed by atoms with van der Waals surface area (Å²) in [5, 5.41) is 9.00. The van der Waals surface area contributed by atoms with E-state index >= 15 is 0 Å². The fourth-order valence-corrected chi connectivity index (χ4v) is 1.72. The molecular formula is C11H13BrN2. The van der Waals surface area contributed by atoms with Gasteiger partial charge in [-0.25, -0.2) is 0 Å². The van der Waals surface area contributed by atoms with Crippen molar-refractivity contribution in [2.75, 3.05) is 0 Å². The lowest BCUT2D eigenvalue weighted by Crippen LogP contribution is -1.96. The van der Waals surface area contributed by atoms with Crippen LogP contribution in [0.15, 0.2) is 22.9 Å². The molecule has 0 radical (unpaired) electrons. The number of aromatic nitrogens is 1. The minimum absolute atomic E-state index is 0.0139. The van der Waals surface area contributed by atoms with Gasteiger partial charge in [-0.15, -0.1) is 0 Å². The van der Waals surface area contributed by atoms with E-state index in [0.717, 1.165) is 29.3 Å². The predicted octanol–water partition coefficient (Wildman–Crippen LogP) is 3.64. The molecule has 0 amide bonds. The minimum Gasteiger partial charge on any atom is -0.263 e. The molecular weight excluding hydrogens is 240 g/mol. The molecule has 1 aromatic rings. The summed E-state index contributed by atoms with van der Waals surface area (Å²) in [6.45, 7) is 2.13. The Hall–Kier alpha value is -0.880. The molecule has 1 heterocycles. The van der Waals surface area contributed by atoms with Crippen molar-refractivity contribution in [1.29, 1.82) is 5.26 Å². The first-order valence-corrected chi connectivity index (χ1v) is 5.57. The average molecular weight is 253 g/mol. The number of halogens is 1. The molecule has 1 unspecified atom stereocenters. The molecule has 2 nitrogen and oxygen atoms in total. The topological polar surface area (TPSA) is 36.7 Å². The van der Waals surface area contributed by atoms with E-state index < -0.39 is 0 Å². The average Bonchev–Trinajstić information content (AvgIpc) is 2.19. The molecule has 0 spiro atoms. The van der Waals surface area contributed by atoms with E-state index in [1.165, 1.54) is 0 Å². The number of hydrogen-bond donors (Lipinski definition) is 0. The van der Waals surface area contributed by atoms with Crippen LogP contribution in [0.1, 0.15) is 37.7 Å². The van der Waals surface area contributed by atoms with Crippen molar-refractivity contribution >= 4 is 15.9 Å². The SMILES string of the molecule is CCCCC(C#N)c1cncc(Br)c1. The summed E-state index contributed by atoms with van der Waals surface area (Å²) in [5.74, 6) is -0.0139. The summed E-state index contributed by atoms with van der Waals surface area (Å²) in [7, 11) is 0. The molecule has 3 heteroatoms. The first-order chi connectivity index (χ1) is 6.77. The second-order valence-corrected chi connectivity index (χ2v) is 4.18. The number of pyridine rings is 1. The lowest BCUT2D eigenvalue weighted by molar-refractivity contribution is 0.669. The summed E-state index contributed by atoms with van der Waals surface area (Å²) in [5.41, 5.74) is 1.01. The summed E-state index contributed by atoms with van der Waals surface area (Å²) in [4.78, 5) is 4.06. The van der Waals surface area contributed by atoms with Gasteiger partial charge in [0.1, 0.15) is 0 Å². The standard InChI is InChI=1S/C11H13BrN2/c1-2-3-4-9(6-13)10-5-11(12)8-14-7-10/h5,7-9H,2-4H2,1H3. The van der Waals surface area contributed by atoms with E-state index in [2.05, 4.69) is 33.9 Å². The van der Waals surface area contributed by atoms with E-state index in [1.807, 2.05) is 6.07 Å². The van der Waals surface area contributed by atoms with Gasteiger partial charge in [0, 0.05) is 16.9 Å². The van der Waals surface area contributed by atoms with Gasteiger partial charge in [0.2, 0.25) is 0 Å². The Morgan fingerprint density at radius 1 is 1.57 bits per heavy atom. The third-order valence-corrected chi connectivity index (χ3v) is 2.56. The van der Waals surface area contributed by atoms with Crippen LogP contribution in [0.25, 0.3) is 0 Å². The molecule has 0 aliphatic rings. The van der Waals surface area contributed by atoms with Crippen molar-refractivity contribution in [3.05, 3.63) is 28.5 Å². The Labute approximate surface area is 93.1 Å². The zero-order valence-electron chi connectivity index (χ0n) is 8.20. The molecule has 0 aromatic carbocycles. The molecule has 1 aromatic heterocycles. The second-order valence-electron chi connectivity index (χ2n) is 3.26. The Morgan fingerprint density at radius 3 is 2.93 bits per heavy atom. The highest BCUT2D eigenvalue weighted by atomic mass is 79.9. The van der Waals surface area contributed by atoms with Crippen LogP contribution >= 0.6 is 15.9 Å². The van der Waals surface area contributed by atoms with Crippen LogP contribution in [0.3, 0.4) is 0 Å². The first-order valence-electron chi connectivity index (χ1n) is 4.78. The van der Waals surface area contributed by atoms with Gasteiger partial charge in [-0.1, -0.05) is 19.8 Å². The molecule has 0 fully saturated rings. The van der Waals surface area contributed by atoms with Crippen molar-refractivity contribution in [2.45, 2.75) is 32.1 Å². The van der Waals surface area contributed by atoms with Gasteiger partial charge in [-0.05, 0) is 34.0 Å². The van der Waals surface area contributed by atoms with E-state index in [0.29, 0.717) is 0 Å². The quantitative estimate of drug-likeness (QED) is 0.821. The third kappa shape index (κ3) is 3.12. The van der Waals surface area contributed by atoms with Crippen LogP contribution in [-0.4, -0.2) is 4.98 Å². The summed E-state index contributed by atoms with van der Waals surface area (Å²) in [6.07, 6.45) is 6.64. The maximum Gasteiger partial charge on any atom is 0.0728 e. The zero-order valence-corrected chi connectivity index (χ0v) is 9.79. The van der Waals surface area contributed by atoms with Crippen molar-refractivity contribution in [2.24, 2.45) is 0 Å². The lowest BCUT2D eigenvalue weighted by Gasteiger charge is -2.07. The van der Waals surface area contributed by atoms with Gasteiger partial charge < -0.3 is 0 Å². The van der Waals surface area contributed by atoms with Crippen molar-refractivity contribution in [1.82, 2.24) is 4.98 Å². The largest absolute Gasteiger partial charge is 0.263 e. The maximum atomic E-state index is 9.00. The number of unbranched alkanes of at least 4 members (excludes halogenated alkanes) is 1. The summed E-state index contributed by atoms with van der Waals surface area (Å²) in [6, 6.07) is 4.29. The van der Waals surface area contributed by atoms with Gasteiger partial charge >= 0.3 is 0 Å². The highest BCUT2D eigenvalue weighted by Crippen LogP contribution is 2.22. The van der Waals surface area contributed by atoms with E-state index in [1.54, 1.807) is 12.4 Å². The van der Waals surface area contributed by atoms with Gasteiger partial charge in [-0.3, -0.25) is 4.98 Å². The number of hydrogen-bond acceptors (Lipinski definition) is 2. The highest BCUT2D eigenvalue weighted by Gasteiger charge is 2.10. The minimum atomic E-state index is -0.0139. The fourth-order valence-electron chi connectivity index (χ4n) is 1.33. The van der Waals surface area contributed by atoms with Crippen LogP contribution < -0.4 is 0 Å². The highest BCUT2D eigenvalue weighted by molar-refractivity contribution is 9.10. The Kier molecular flexibility index (Phi) is 4.61. The fraction of sp³-hybridized carbons (Fsp3) is 0.455. The van der Waals surface area contributed by atoms with E-state index in [9.17, 15) is 0 Å². The van der Waals surface area contributed by atoms with Crippen LogP contribution in [-0.2, 0) is 0 Å². The molecule has 0 bridgehead atoms. The zero-order chi connectivity index (χ0) is 10.4. The lowest BCUT2D eigenvalue weighted by atomic mass is 9.97. The molecule has 0 saturated heterocycles. The van der Waals surface area contributed by atoms with Crippen LogP contribution in [0.2, 0.25) is 0 Å². The predicted molar refractivity (Wildman–Crippen MR) is 59.8 cm³/mol. The molecule has 0 saturated carbocycles. The molecule has 74 valence electrons. The van der Waals surface area contributed by atoms with Crippen LogP contribution in [0, 0.1) is 11.3 Å². The maximum absolute atomic E-state index is 9.00. The Morgan fingerprint density at radius 2 is 2.36 bits per heavy atom. The summed E-state index contributed by atoms with van der Waals surface area (Å²) >= 11 is 3.36. The number of rotatable bonds is 4. The second kappa shape index (κ2) is 5.77. The normalized spacial score (nSPS) is 12.1.